The lowest BCUT2D eigenvalue weighted by atomic mass is 9.98. The van der Waals surface area contributed by atoms with E-state index in [2.05, 4.69) is 10.6 Å². The first-order chi connectivity index (χ1) is 14.7. The number of Topliss-reactive ketones (excluding diaryl/α,β-unsaturated/α-hetero) is 1. The lowest BCUT2D eigenvalue weighted by molar-refractivity contribution is -0.121. The van der Waals surface area contributed by atoms with Crippen molar-refractivity contribution < 1.29 is 22.8 Å². The number of hydrogen-bond donors (Lipinski definition) is 2. The van der Waals surface area contributed by atoms with Crippen molar-refractivity contribution in [3.05, 3.63) is 54.1 Å². The minimum absolute atomic E-state index is 0.0592. The van der Waals surface area contributed by atoms with Gasteiger partial charge in [0.2, 0.25) is 21.8 Å². The Balaban J connectivity index is 1.67. The second kappa shape index (κ2) is 9.40. The number of sulfonamides is 1. The van der Waals surface area contributed by atoms with Gasteiger partial charge in [-0.05, 0) is 68.3 Å². The van der Waals surface area contributed by atoms with Crippen LogP contribution in [0.25, 0.3) is 0 Å². The van der Waals surface area contributed by atoms with Crippen LogP contribution in [0.3, 0.4) is 0 Å². The van der Waals surface area contributed by atoms with Crippen LogP contribution < -0.4 is 10.6 Å². The molecule has 0 unspecified atom stereocenters. The molecule has 0 saturated carbocycles. The average Bonchev–Trinajstić information content (AvgIpc) is 2.74. The molecule has 0 aliphatic carbocycles. The smallest absolute Gasteiger partial charge is 0.243 e. The normalized spacial score (nSPS) is 17.0. The van der Waals surface area contributed by atoms with E-state index < -0.39 is 15.9 Å². The third-order valence-electron chi connectivity index (χ3n) is 5.13. The maximum absolute atomic E-state index is 13.0. The van der Waals surface area contributed by atoms with Gasteiger partial charge in [-0.2, -0.15) is 4.31 Å². The quantitative estimate of drug-likeness (QED) is 0.667. The van der Waals surface area contributed by atoms with Crippen LogP contribution in [0.5, 0.6) is 0 Å². The van der Waals surface area contributed by atoms with Crippen molar-refractivity contribution in [3.8, 4) is 0 Å². The summed E-state index contributed by atoms with van der Waals surface area (Å²) in [5, 5.41) is 5.40. The van der Waals surface area contributed by atoms with Crippen molar-refractivity contribution in [2.45, 2.75) is 31.6 Å². The van der Waals surface area contributed by atoms with Crippen molar-refractivity contribution in [3.63, 3.8) is 0 Å². The molecule has 0 radical (unpaired) electrons. The topological polar surface area (TPSA) is 113 Å². The molecule has 1 atom stereocenters. The standard InChI is InChI=1S/C22H25N3O5S/c1-15(26)17-5-7-20(8-6-17)24-22(28)18-4-3-13-25(14-18)31(29,30)21-11-9-19(10-12-21)23-16(2)27/h5-12,18H,3-4,13-14H2,1-2H3,(H,23,27)(H,24,28)/t18-/m0/s1. The van der Waals surface area contributed by atoms with Gasteiger partial charge in [0.15, 0.2) is 5.78 Å². The predicted molar refractivity (Wildman–Crippen MR) is 117 cm³/mol. The first-order valence-corrected chi connectivity index (χ1v) is 11.4. The minimum atomic E-state index is -3.76. The molecule has 1 aliphatic heterocycles. The molecule has 2 amide bonds. The van der Waals surface area contributed by atoms with Gasteiger partial charge in [0.25, 0.3) is 0 Å². The van der Waals surface area contributed by atoms with Crippen LogP contribution in [0.4, 0.5) is 11.4 Å². The summed E-state index contributed by atoms with van der Waals surface area (Å²) in [7, 11) is -3.76. The Morgan fingerprint density at radius 2 is 1.48 bits per heavy atom. The summed E-state index contributed by atoms with van der Waals surface area (Å²) in [6.45, 7) is 3.28. The molecule has 1 heterocycles. The summed E-state index contributed by atoms with van der Waals surface area (Å²) in [5.41, 5.74) is 1.62. The average molecular weight is 444 g/mol. The van der Waals surface area contributed by atoms with Gasteiger partial charge in [-0.1, -0.05) is 0 Å². The van der Waals surface area contributed by atoms with E-state index in [0.29, 0.717) is 36.3 Å². The summed E-state index contributed by atoms with van der Waals surface area (Å²) in [5.74, 6) is -1.03. The van der Waals surface area contributed by atoms with Crippen molar-refractivity contribution >= 4 is 39.0 Å². The van der Waals surface area contributed by atoms with Gasteiger partial charge in [0.1, 0.15) is 0 Å². The zero-order chi connectivity index (χ0) is 22.6. The second-order valence-electron chi connectivity index (χ2n) is 7.53. The van der Waals surface area contributed by atoms with Crippen LogP contribution >= 0.6 is 0 Å². The summed E-state index contributed by atoms with van der Waals surface area (Å²) < 4.78 is 27.4. The molecular weight excluding hydrogens is 418 g/mol. The number of ketones is 1. The van der Waals surface area contributed by atoms with Crippen molar-refractivity contribution in [2.75, 3.05) is 23.7 Å². The van der Waals surface area contributed by atoms with Crippen molar-refractivity contribution in [1.29, 1.82) is 0 Å². The Bertz CT molecular complexity index is 1080. The first-order valence-electron chi connectivity index (χ1n) is 9.96. The van der Waals surface area contributed by atoms with E-state index >= 15 is 0 Å². The maximum Gasteiger partial charge on any atom is 0.243 e. The minimum Gasteiger partial charge on any atom is -0.326 e. The van der Waals surface area contributed by atoms with Crippen molar-refractivity contribution in [1.82, 2.24) is 4.31 Å². The number of amides is 2. The van der Waals surface area contributed by atoms with Gasteiger partial charge < -0.3 is 10.6 Å². The number of hydrogen-bond acceptors (Lipinski definition) is 5. The van der Waals surface area contributed by atoms with E-state index in [1.165, 1.54) is 42.4 Å². The molecule has 0 spiro atoms. The summed E-state index contributed by atoms with van der Waals surface area (Å²) in [6.07, 6.45) is 1.16. The van der Waals surface area contributed by atoms with Crippen LogP contribution in [0, 0.1) is 5.92 Å². The summed E-state index contributed by atoms with van der Waals surface area (Å²) in [4.78, 5) is 35.3. The van der Waals surface area contributed by atoms with Crippen LogP contribution in [0.1, 0.15) is 37.0 Å². The third-order valence-corrected chi connectivity index (χ3v) is 7.01. The highest BCUT2D eigenvalue weighted by atomic mass is 32.2. The van der Waals surface area contributed by atoms with Crippen molar-refractivity contribution in [2.24, 2.45) is 5.92 Å². The van der Waals surface area contributed by atoms with Gasteiger partial charge in [-0.3, -0.25) is 14.4 Å². The number of nitrogens with one attached hydrogen (secondary N) is 2. The Labute approximate surface area is 181 Å². The number of carbonyl (C=O) groups is 3. The number of benzene rings is 2. The van der Waals surface area contributed by atoms with Crippen LogP contribution in [-0.2, 0) is 19.6 Å². The molecule has 3 rings (SSSR count). The highest BCUT2D eigenvalue weighted by Gasteiger charge is 2.33. The fraction of sp³-hybridized carbons (Fsp3) is 0.318. The number of anilines is 2. The Hall–Kier alpha value is -3.04. The monoisotopic (exact) mass is 443 g/mol. The predicted octanol–water partition coefficient (Wildman–Crippen LogP) is 2.89. The van der Waals surface area contributed by atoms with E-state index in [9.17, 15) is 22.8 Å². The van der Waals surface area contributed by atoms with E-state index in [0.717, 1.165) is 0 Å². The molecule has 9 heteroatoms. The molecule has 0 bridgehead atoms. The van der Waals surface area contributed by atoms with Crippen LogP contribution in [-0.4, -0.2) is 43.4 Å². The fourth-order valence-electron chi connectivity index (χ4n) is 3.47. The van der Waals surface area contributed by atoms with Crippen LogP contribution in [0.15, 0.2) is 53.4 Å². The largest absolute Gasteiger partial charge is 0.326 e. The van der Waals surface area contributed by atoms with Gasteiger partial charge in [-0.25, -0.2) is 8.42 Å². The Morgan fingerprint density at radius 1 is 0.903 bits per heavy atom. The number of rotatable bonds is 6. The molecule has 1 fully saturated rings. The van der Waals surface area contributed by atoms with Gasteiger partial charge in [0.05, 0.1) is 10.8 Å². The number of carbonyl (C=O) groups excluding carboxylic acids is 3. The van der Waals surface area contributed by atoms with Gasteiger partial charge in [0, 0.05) is 37.0 Å². The van der Waals surface area contributed by atoms with E-state index in [4.69, 9.17) is 0 Å². The van der Waals surface area contributed by atoms with Gasteiger partial charge in [-0.15, -0.1) is 0 Å². The molecule has 0 aromatic heterocycles. The fourth-order valence-corrected chi connectivity index (χ4v) is 4.99. The second-order valence-corrected chi connectivity index (χ2v) is 9.47. The maximum atomic E-state index is 13.0. The molecule has 2 N–H and O–H groups in total. The Kier molecular flexibility index (Phi) is 6.87. The SMILES string of the molecule is CC(=O)Nc1ccc(S(=O)(=O)N2CCC[C@H](C(=O)Nc3ccc(C(C)=O)cc3)C2)cc1. The molecule has 1 saturated heterocycles. The number of nitrogens with zero attached hydrogens (tertiary/aromatic N) is 1. The van der Waals surface area contributed by atoms with E-state index in [-0.39, 0.29) is 29.0 Å². The molecular formula is C22H25N3O5S. The molecule has 164 valence electrons. The van der Waals surface area contributed by atoms with Crippen LogP contribution in [0.2, 0.25) is 0 Å². The zero-order valence-corrected chi connectivity index (χ0v) is 18.2. The highest BCUT2D eigenvalue weighted by molar-refractivity contribution is 7.89. The Morgan fingerprint density at radius 3 is 2.06 bits per heavy atom. The summed E-state index contributed by atoms with van der Waals surface area (Å²) >= 11 is 0. The highest BCUT2D eigenvalue weighted by Crippen LogP contribution is 2.25. The molecule has 1 aliphatic rings. The lowest BCUT2D eigenvalue weighted by Crippen LogP contribution is -2.43. The molecule has 8 nitrogen and oxygen atoms in total. The lowest BCUT2D eigenvalue weighted by Gasteiger charge is -2.31. The third kappa shape index (κ3) is 5.56. The molecule has 2 aromatic carbocycles. The summed E-state index contributed by atoms with van der Waals surface area (Å²) in [6, 6.07) is 12.5. The molecule has 2 aromatic rings. The van der Waals surface area contributed by atoms with E-state index in [1.54, 1.807) is 24.3 Å². The zero-order valence-electron chi connectivity index (χ0n) is 17.4. The first kappa shape index (κ1) is 22.6. The van der Waals surface area contributed by atoms with Gasteiger partial charge >= 0.3 is 0 Å². The van der Waals surface area contributed by atoms with E-state index in [1.807, 2.05) is 0 Å². The number of piperidine rings is 1. The molecule has 31 heavy (non-hydrogen) atoms.